The molecule has 2 aromatic rings. The number of allylic oxidation sites excluding steroid dienone is 2. The third-order valence-electron chi connectivity index (χ3n) is 4.82. The molecule has 2 aliphatic rings. The van der Waals surface area contributed by atoms with E-state index in [4.69, 9.17) is 4.74 Å². The lowest BCUT2D eigenvalue weighted by Crippen LogP contribution is -2.29. The van der Waals surface area contributed by atoms with Crippen LogP contribution in [0.3, 0.4) is 0 Å². The van der Waals surface area contributed by atoms with E-state index in [-0.39, 0.29) is 0 Å². The maximum Gasteiger partial charge on any atom is 0.142 e. The van der Waals surface area contributed by atoms with E-state index in [2.05, 4.69) is 69.8 Å². The van der Waals surface area contributed by atoms with Crippen molar-refractivity contribution >= 4 is 21.6 Å². The molecular weight excluding hydrogens is 338 g/mol. The second kappa shape index (κ2) is 5.47. The van der Waals surface area contributed by atoms with Gasteiger partial charge in [0.15, 0.2) is 0 Å². The number of nitrogens with one attached hydrogen (secondary N) is 1. The van der Waals surface area contributed by atoms with Gasteiger partial charge in [-0.3, -0.25) is 0 Å². The first-order valence-electron chi connectivity index (χ1n) is 7.64. The molecule has 1 aliphatic heterocycles. The Bertz CT molecular complexity index is 740. The van der Waals surface area contributed by atoms with Crippen molar-refractivity contribution in [1.29, 1.82) is 0 Å². The van der Waals surface area contributed by atoms with Gasteiger partial charge in [0.2, 0.25) is 0 Å². The Labute approximate surface area is 139 Å². The monoisotopic (exact) mass is 355 g/mol. The second-order valence-electron chi connectivity index (χ2n) is 5.92. The maximum atomic E-state index is 5.58. The molecule has 0 fully saturated rings. The van der Waals surface area contributed by atoms with Crippen LogP contribution in [0.4, 0.5) is 5.69 Å². The molecule has 0 saturated carbocycles. The maximum absolute atomic E-state index is 5.58. The summed E-state index contributed by atoms with van der Waals surface area (Å²) in [5.41, 5.74) is 3.80. The normalized spacial score (nSPS) is 25.3. The number of hydrogen-bond acceptors (Lipinski definition) is 2. The number of fused-ring (bicyclic) bond motifs is 3. The molecule has 0 unspecified atom stereocenters. The van der Waals surface area contributed by atoms with E-state index in [9.17, 15) is 0 Å². The van der Waals surface area contributed by atoms with Crippen molar-refractivity contribution < 1.29 is 4.74 Å². The number of halogens is 1. The average Bonchev–Trinajstić information content (AvgIpc) is 3.04. The third kappa shape index (κ3) is 2.07. The zero-order chi connectivity index (χ0) is 15.1. The van der Waals surface area contributed by atoms with Crippen LogP contribution in [0.2, 0.25) is 0 Å². The molecule has 0 radical (unpaired) electrons. The second-order valence-corrected chi connectivity index (χ2v) is 6.78. The first-order valence-corrected chi connectivity index (χ1v) is 8.43. The van der Waals surface area contributed by atoms with Gasteiger partial charge in [0.05, 0.1) is 18.8 Å². The number of rotatable bonds is 2. The number of benzene rings is 2. The van der Waals surface area contributed by atoms with Gasteiger partial charge < -0.3 is 10.1 Å². The van der Waals surface area contributed by atoms with Crippen molar-refractivity contribution in [3.8, 4) is 5.75 Å². The molecule has 2 aromatic carbocycles. The highest BCUT2D eigenvalue weighted by molar-refractivity contribution is 9.10. The minimum Gasteiger partial charge on any atom is -0.495 e. The highest BCUT2D eigenvalue weighted by atomic mass is 79.9. The molecule has 0 amide bonds. The summed E-state index contributed by atoms with van der Waals surface area (Å²) in [6, 6.07) is 15.1. The Morgan fingerprint density at radius 2 is 1.91 bits per heavy atom. The highest BCUT2D eigenvalue weighted by Crippen LogP contribution is 2.52. The van der Waals surface area contributed by atoms with E-state index in [1.54, 1.807) is 7.11 Å². The van der Waals surface area contributed by atoms with Gasteiger partial charge in [-0.05, 0) is 35.6 Å². The van der Waals surface area contributed by atoms with Crippen LogP contribution in [0.1, 0.15) is 29.5 Å². The van der Waals surface area contributed by atoms with Gasteiger partial charge in [-0.1, -0.05) is 58.4 Å². The SMILES string of the molecule is COc1cccc2c1N[C@@H](c1ccccc1Br)[C@@H]1CC=C[C@H]21. The fraction of sp³-hybridized carbons (Fsp3) is 0.263. The first-order chi connectivity index (χ1) is 10.8. The fourth-order valence-corrected chi connectivity index (χ4v) is 4.33. The Morgan fingerprint density at radius 1 is 1.09 bits per heavy atom. The van der Waals surface area contributed by atoms with Gasteiger partial charge in [0.25, 0.3) is 0 Å². The van der Waals surface area contributed by atoms with Gasteiger partial charge in [-0.25, -0.2) is 0 Å². The van der Waals surface area contributed by atoms with Crippen LogP contribution in [-0.2, 0) is 0 Å². The summed E-state index contributed by atoms with van der Waals surface area (Å²) >= 11 is 3.71. The average molecular weight is 356 g/mol. The lowest BCUT2D eigenvalue weighted by Gasteiger charge is -2.38. The van der Waals surface area contributed by atoms with Crippen LogP contribution in [0.5, 0.6) is 5.75 Å². The van der Waals surface area contributed by atoms with Crippen molar-refractivity contribution in [1.82, 2.24) is 0 Å². The minimum atomic E-state index is 0.291. The molecule has 0 saturated heterocycles. The van der Waals surface area contributed by atoms with E-state index < -0.39 is 0 Å². The van der Waals surface area contributed by atoms with Crippen molar-refractivity contribution in [2.24, 2.45) is 5.92 Å². The molecular formula is C19H18BrNO. The quantitative estimate of drug-likeness (QED) is 0.739. The molecule has 22 heavy (non-hydrogen) atoms. The molecule has 112 valence electrons. The van der Waals surface area contributed by atoms with Crippen LogP contribution in [0, 0.1) is 5.92 Å². The molecule has 1 aliphatic carbocycles. The molecule has 4 rings (SSSR count). The zero-order valence-corrected chi connectivity index (χ0v) is 14.0. The van der Waals surface area contributed by atoms with Crippen LogP contribution in [-0.4, -0.2) is 7.11 Å². The van der Waals surface area contributed by atoms with Gasteiger partial charge in [0.1, 0.15) is 5.75 Å². The summed E-state index contributed by atoms with van der Waals surface area (Å²) in [4.78, 5) is 0. The van der Waals surface area contributed by atoms with Crippen LogP contribution < -0.4 is 10.1 Å². The number of methoxy groups -OCH3 is 1. The molecule has 0 spiro atoms. The largest absolute Gasteiger partial charge is 0.495 e. The summed E-state index contributed by atoms with van der Waals surface area (Å²) in [6.45, 7) is 0. The van der Waals surface area contributed by atoms with E-state index >= 15 is 0 Å². The predicted octanol–water partition coefficient (Wildman–Crippen LogP) is 5.28. The number of hydrogen-bond donors (Lipinski definition) is 1. The van der Waals surface area contributed by atoms with Crippen molar-refractivity contribution in [3.63, 3.8) is 0 Å². The van der Waals surface area contributed by atoms with Crippen LogP contribution >= 0.6 is 15.9 Å². The van der Waals surface area contributed by atoms with E-state index in [1.807, 2.05) is 6.07 Å². The Morgan fingerprint density at radius 3 is 2.73 bits per heavy atom. The van der Waals surface area contributed by atoms with Crippen molar-refractivity contribution in [2.45, 2.75) is 18.4 Å². The van der Waals surface area contributed by atoms with E-state index in [1.165, 1.54) is 11.1 Å². The lowest BCUT2D eigenvalue weighted by atomic mass is 9.77. The van der Waals surface area contributed by atoms with Crippen LogP contribution in [0.15, 0.2) is 59.1 Å². The first kappa shape index (κ1) is 13.9. The van der Waals surface area contributed by atoms with Crippen LogP contribution in [0.25, 0.3) is 0 Å². The predicted molar refractivity (Wildman–Crippen MR) is 93.5 cm³/mol. The molecule has 1 N–H and O–H groups in total. The fourth-order valence-electron chi connectivity index (χ4n) is 3.80. The molecule has 0 aromatic heterocycles. The summed E-state index contributed by atoms with van der Waals surface area (Å²) in [5, 5.41) is 3.75. The van der Waals surface area contributed by atoms with E-state index in [0.717, 1.165) is 22.3 Å². The van der Waals surface area contributed by atoms with Gasteiger partial charge >= 0.3 is 0 Å². The third-order valence-corrected chi connectivity index (χ3v) is 5.54. The standard InChI is InChI=1S/C19H18BrNO/c1-22-17-11-5-9-14-12-7-4-8-13(12)18(21-19(14)17)15-6-2-3-10-16(15)20/h2-7,9-13,18,21H,8H2,1H3/t12-,13+,18+/m0/s1. The Balaban J connectivity index is 1.85. The zero-order valence-electron chi connectivity index (χ0n) is 12.4. The smallest absolute Gasteiger partial charge is 0.142 e. The van der Waals surface area contributed by atoms with E-state index in [0.29, 0.717) is 17.9 Å². The summed E-state index contributed by atoms with van der Waals surface area (Å²) in [6.07, 6.45) is 5.78. The summed E-state index contributed by atoms with van der Waals surface area (Å²) in [7, 11) is 1.74. The molecule has 3 heteroatoms. The van der Waals surface area contributed by atoms with Gasteiger partial charge in [-0.15, -0.1) is 0 Å². The molecule has 3 atom stereocenters. The van der Waals surface area contributed by atoms with Gasteiger partial charge in [-0.2, -0.15) is 0 Å². The number of anilines is 1. The van der Waals surface area contributed by atoms with Gasteiger partial charge in [0, 0.05) is 10.4 Å². The molecule has 1 heterocycles. The van der Waals surface area contributed by atoms with Crippen molar-refractivity contribution in [3.05, 3.63) is 70.2 Å². The Kier molecular flexibility index (Phi) is 3.45. The van der Waals surface area contributed by atoms with Crippen molar-refractivity contribution in [2.75, 3.05) is 12.4 Å². The molecule has 2 nitrogen and oxygen atoms in total. The Hall–Kier alpha value is -1.74. The summed E-state index contributed by atoms with van der Waals surface area (Å²) < 4.78 is 6.74. The lowest BCUT2D eigenvalue weighted by molar-refractivity contribution is 0.397. The summed E-state index contributed by atoms with van der Waals surface area (Å²) in [5.74, 6) is 1.94. The highest BCUT2D eigenvalue weighted by Gasteiger charge is 2.39. The number of para-hydroxylation sites is 1. The molecule has 0 bridgehead atoms. The number of ether oxygens (including phenoxy) is 1. The topological polar surface area (TPSA) is 21.3 Å². The minimum absolute atomic E-state index is 0.291.